The van der Waals surface area contributed by atoms with Crippen LogP contribution >= 0.6 is 0 Å². The van der Waals surface area contributed by atoms with Gasteiger partial charge in [-0.05, 0) is 49.2 Å². The fourth-order valence-corrected chi connectivity index (χ4v) is 3.30. The molecule has 7 nitrogen and oxygen atoms in total. The number of nitrogens with one attached hydrogen (secondary N) is 1. The standard InChI is InChI=1S/C23H24F2N4O3/c24-22(25)19(27)9-10-28-23(31)16-5-6-17(14-29-11-1-2-21(29)30)20(12-16)32-18-7-3-15(13-26)4-8-18/h3-8,12,19,22H,1-2,9-11,14,27H2,(H,28,31). The van der Waals surface area contributed by atoms with Gasteiger partial charge in [-0.25, -0.2) is 8.78 Å². The summed E-state index contributed by atoms with van der Waals surface area (Å²) in [6.45, 7) is 1.01. The van der Waals surface area contributed by atoms with Crippen LogP contribution in [0, 0.1) is 11.3 Å². The Morgan fingerprint density at radius 3 is 2.62 bits per heavy atom. The zero-order valence-electron chi connectivity index (χ0n) is 17.4. The Hall–Kier alpha value is -3.51. The van der Waals surface area contributed by atoms with Crippen molar-refractivity contribution in [2.45, 2.75) is 38.3 Å². The Bertz CT molecular complexity index is 1010. The second kappa shape index (κ2) is 10.7. The zero-order valence-corrected chi connectivity index (χ0v) is 17.4. The number of amides is 2. The van der Waals surface area contributed by atoms with E-state index in [2.05, 4.69) is 5.32 Å². The van der Waals surface area contributed by atoms with Gasteiger partial charge >= 0.3 is 0 Å². The van der Waals surface area contributed by atoms with E-state index >= 15 is 0 Å². The summed E-state index contributed by atoms with van der Waals surface area (Å²) in [5.41, 5.74) is 6.80. The van der Waals surface area contributed by atoms with Crippen LogP contribution in [0.4, 0.5) is 8.78 Å². The maximum Gasteiger partial charge on any atom is 0.253 e. The minimum absolute atomic E-state index is 0.0141. The third-order valence-corrected chi connectivity index (χ3v) is 5.16. The Kier molecular flexibility index (Phi) is 7.73. The van der Waals surface area contributed by atoms with Crippen molar-refractivity contribution in [3.63, 3.8) is 0 Å². The first-order valence-corrected chi connectivity index (χ1v) is 10.3. The Labute approximate surface area is 184 Å². The summed E-state index contributed by atoms with van der Waals surface area (Å²) in [5, 5.41) is 11.5. The van der Waals surface area contributed by atoms with E-state index < -0.39 is 18.4 Å². The van der Waals surface area contributed by atoms with Crippen molar-refractivity contribution in [1.82, 2.24) is 10.2 Å². The third-order valence-electron chi connectivity index (χ3n) is 5.16. The maximum atomic E-state index is 12.5. The van der Waals surface area contributed by atoms with Crippen LogP contribution in [0.3, 0.4) is 0 Å². The highest BCUT2D eigenvalue weighted by Gasteiger charge is 2.22. The third kappa shape index (κ3) is 6.02. The summed E-state index contributed by atoms with van der Waals surface area (Å²) in [5.74, 6) is 0.483. The van der Waals surface area contributed by atoms with Gasteiger partial charge in [-0.2, -0.15) is 5.26 Å². The number of nitriles is 1. The number of ether oxygens (including phenoxy) is 1. The predicted molar refractivity (Wildman–Crippen MR) is 113 cm³/mol. The van der Waals surface area contributed by atoms with E-state index in [-0.39, 0.29) is 24.4 Å². The molecule has 1 aliphatic rings. The van der Waals surface area contributed by atoms with Crippen molar-refractivity contribution >= 4 is 11.8 Å². The van der Waals surface area contributed by atoms with Crippen LogP contribution in [0.15, 0.2) is 42.5 Å². The molecule has 2 aromatic carbocycles. The van der Waals surface area contributed by atoms with Crippen LogP contribution in [0.2, 0.25) is 0 Å². The van der Waals surface area contributed by atoms with Crippen molar-refractivity contribution in [2.75, 3.05) is 13.1 Å². The second-order valence-corrected chi connectivity index (χ2v) is 7.52. The van der Waals surface area contributed by atoms with Crippen LogP contribution in [0.25, 0.3) is 0 Å². The van der Waals surface area contributed by atoms with Gasteiger partial charge in [-0.1, -0.05) is 6.07 Å². The molecule has 9 heteroatoms. The van der Waals surface area contributed by atoms with Gasteiger partial charge in [0, 0.05) is 37.2 Å². The minimum atomic E-state index is -2.65. The van der Waals surface area contributed by atoms with Crippen molar-refractivity contribution < 1.29 is 23.1 Å². The number of nitrogens with zero attached hydrogens (tertiary/aromatic N) is 2. The Morgan fingerprint density at radius 2 is 2.00 bits per heavy atom. The van der Waals surface area contributed by atoms with Crippen LogP contribution in [0.5, 0.6) is 11.5 Å². The average Bonchev–Trinajstić information content (AvgIpc) is 3.19. The molecule has 1 aliphatic heterocycles. The van der Waals surface area contributed by atoms with E-state index in [0.717, 1.165) is 12.0 Å². The van der Waals surface area contributed by atoms with Crippen molar-refractivity contribution in [3.8, 4) is 17.6 Å². The van der Waals surface area contributed by atoms with E-state index in [9.17, 15) is 18.4 Å². The Balaban J connectivity index is 1.78. The molecule has 1 fully saturated rings. The molecular weight excluding hydrogens is 418 g/mol. The number of carbonyl (C=O) groups is 2. The van der Waals surface area contributed by atoms with Crippen molar-refractivity contribution in [1.29, 1.82) is 5.26 Å². The van der Waals surface area contributed by atoms with Gasteiger partial charge in [-0.3, -0.25) is 9.59 Å². The van der Waals surface area contributed by atoms with Gasteiger partial charge in [0.2, 0.25) is 5.91 Å². The summed E-state index contributed by atoms with van der Waals surface area (Å²) in [4.78, 5) is 26.3. The summed E-state index contributed by atoms with van der Waals surface area (Å²) in [7, 11) is 0. The van der Waals surface area contributed by atoms with Crippen molar-refractivity contribution in [2.24, 2.45) is 5.73 Å². The smallest absolute Gasteiger partial charge is 0.253 e. The first kappa shape index (κ1) is 23.2. The zero-order chi connectivity index (χ0) is 23.1. The van der Waals surface area contributed by atoms with Gasteiger partial charge in [0.25, 0.3) is 12.3 Å². The normalized spacial score (nSPS) is 14.3. The predicted octanol–water partition coefficient (Wildman–Crippen LogP) is 3.19. The molecule has 32 heavy (non-hydrogen) atoms. The number of hydrogen-bond acceptors (Lipinski definition) is 5. The first-order chi connectivity index (χ1) is 15.4. The van der Waals surface area contributed by atoms with Crippen LogP contribution in [-0.4, -0.2) is 42.3 Å². The molecule has 1 heterocycles. The van der Waals surface area contributed by atoms with Gasteiger partial charge in [0.05, 0.1) is 17.7 Å². The highest BCUT2D eigenvalue weighted by atomic mass is 19.3. The fourth-order valence-electron chi connectivity index (χ4n) is 3.30. The van der Waals surface area contributed by atoms with Crippen LogP contribution in [0.1, 0.15) is 40.7 Å². The number of carbonyl (C=O) groups excluding carboxylic acids is 2. The number of rotatable bonds is 9. The molecule has 3 N–H and O–H groups in total. The summed E-state index contributed by atoms with van der Waals surface area (Å²) >= 11 is 0. The van der Waals surface area contributed by atoms with Gasteiger partial charge in [-0.15, -0.1) is 0 Å². The number of nitrogens with two attached hydrogens (primary N) is 1. The minimum Gasteiger partial charge on any atom is -0.457 e. The largest absolute Gasteiger partial charge is 0.457 e. The molecule has 0 radical (unpaired) electrons. The maximum absolute atomic E-state index is 12.5. The molecule has 1 saturated heterocycles. The quantitative estimate of drug-likeness (QED) is 0.620. The lowest BCUT2D eigenvalue weighted by molar-refractivity contribution is -0.128. The number of alkyl halides is 2. The van der Waals surface area contributed by atoms with E-state index in [1.165, 1.54) is 0 Å². The molecule has 0 saturated carbocycles. The monoisotopic (exact) mass is 442 g/mol. The van der Waals surface area contributed by atoms with Gasteiger partial charge < -0.3 is 20.7 Å². The summed E-state index contributed by atoms with van der Waals surface area (Å²) < 4.78 is 31.0. The number of halogens is 2. The highest BCUT2D eigenvalue weighted by molar-refractivity contribution is 5.94. The molecule has 0 aliphatic carbocycles. The second-order valence-electron chi connectivity index (χ2n) is 7.52. The molecule has 3 rings (SSSR count). The summed E-state index contributed by atoms with van der Waals surface area (Å²) in [6, 6.07) is 12.1. The molecule has 0 bridgehead atoms. The van der Waals surface area contributed by atoms with E-state index in [1.54, 1.807) is 47.4 Å². The lowest BCUT2D eigenvalue weighted by Crippen LogP contribution is -2.34. The molecule has 2 amide bonds. The average molecular weight is 442 g/mol. The van der Waals surface area contributed by atoms with Gasteiger partial charge in [0.15, 0.2) is 0 Å². The molecular formula is C23H24F2N4O3. The molecule has 168 valence electrons. The van der Waals surface area contributed by atoms with Crippen LogP contribution in [-0.2, 0) is 11.3 Å². The number of hydrogen-bond donors (Lipinski definition) is 2. The van der Waals surface area contributed by atoms with E-state index in [4.69, 9.17) is 15.7 Å². The Morgan fingerprint density at radius 1 is 1.25 bits per heavy atom. The fraction of sp³-hybridized carbons (Fsp3) is 0.348. The molecule has 1 atom stereocenters. The molecule has 1 unspecified atom stereocenters. The molecule has 0 aromatic heterocycles. The highest BCUT2D eigenvalue weighted by Crippen LogP contribution is 2.29. The number of likely N-dealkylation sites (tertiary alicyclic amines) is 1. The number of benzene rings is 2. The van der Waals surface area contributed by atoms with Crippen LogP contribution < -0.4 is 15.8 Å². The van der Waals surface area contributed by atoms with Gasteiger partial charge in [0.1, 0.15) is 11.5 Å². The molecule has 2 aromatic rings. The lowest BCUT2D eigenvalue weighted by Gasteiger charge is -2.19. The topological polar surface area (TPSA) is 108 Å². The van der Waals surface area contributed by atoms with E-state index in [1.807, 2.05) is 6.07 Å². The lowest BCUT2D eigenvalue weighted by atomic mass is 10.1. The SMILES string of the molecule is N#Cc1ccc(Oc2cc(C(=O)NCCC(N)C(F)F)ccc2CN2CCCC2=O)cc1. The van der Waals surface area contributed by atoms with Crippen molar-refractivity contribution in [3.05, 3.63) is 59.2 Å². The molecule has 0 spiro atoms. The summed E-state index contributed by atoms with van der Waals surface area (Å²) in [6.07, 6.45) is -1.39. The van der Waals surface area contributed by atoms with E-state index in [0.29, 0.717) is 36.6 Å². The first-order valence-electron chi connectivity index (χ1n) is 10.3.